The number of carbonyl (C=O) groups is 1. The van der Waals surface area contributed by atoms with E-state index in [9.17, 15) is 18.5 Å². The van der Waals surface area contributed by atoms with Crippen molar-refractivity contribution >= 4 is 15.9 Å². The molecular weight excluding hydrogens is 374 g/mol. The van der Waals surface area contributed by atoms with E-state index >= 15 is 0 Å². The van der Waals surface area contributed by atoms with Gasteiger partial charge in [0, 0.05) is 32.6 Å². The summed E-state index contributed by atoms with van der Waals surface area (Å²) < 4.78 is 27.1. The Kier molecular flexibility index (Phi) is 6.12. The summed E-state index contributed by atoms with van der Waals surface area (Å²) in [6.07, 6.45) is 0.397. The van der Waals surface area contributed by atoms with Crippen molar-refractivity contribution in [3.63, 3.8) is 0 Å². The number of amides is 1. The second kappa shape index (κ2) is 8.55. The average Bonchev–Trinajstić information content (AvgIpc) is 2.74. The van der Waals surface area contributed by atoms with Crippen molar-refractivity contribution in [2.75, 3.05) is 26.2 Å². The lowest BCUT2D eigenvalue weighted by Gasteiger charge is -2.34. The highest BCUT2D eigenvalue weighted by Gasteiger charge is 2.31. The fraction of sp³-hybridized carbons (Fsp3) is 0.333. The van der Waals surface area contributed by atoms with Gasteiger partial charge in [0.2, 0.25) is 15.9 Å². The van der Waals surface area contributed by atoms with Gasteiger partial charge in [0.1, 0.15) is 6.07 Å². The minimum Gasteiger partial charge on any atom is -0.340 e. The lowest BCUT2D eigenvalue weighted by Crippen LogP contribution is -2.50. The van der Waals surface area contributed by atoms with Crippen LogP contribution in [0, 0.1) is 11.3 Å². The zero-order valence-corrected chi connectivity index (χ0v) is 16.6. The van der Waals surface area contributed by atoms with Gasteiger partial charge in [0.15, 0.2) is 0 Å². The van der Waals surface area contributed by atoms with Gasteiger partial charge in [-0.3, -0.25) is 4.79 Å². The number of hydrogen-bond acceptors (Lipinski definition) is 4. The molecule has 6 nitrogen and oxygen atoms in total. The summed E-state index contributed by atoms with van der Waals surface area (Å²) in [5, 5.41) is 9.19. The molecule has 2 aromatic carbocycles. The highest BCUT2D eigenvalue weighted by Crippen LogP contribution is 2.23. The molecule has 0 aliphatic carbocycles. The molecule has 0 radical (unpaired) electrons. The third kappa shape index (κ3) is 4.24. The van der Waals surface area contributed by atoms with Crippen LogP contribution in [0.5, 0.6) is 0 Å². The van der Waals surface area contributed by atoms with Gasteiger partial charge in [0.05, 0.1) is 10.5 Å². The van der Waals surface area contributed by atoms with Crippen LogP contribution in [0.15, 0.2) is 59.5 Å². The van der Waals surface area contributed by atoms with Gasteiger partial charge in [-0.15, -0.1) is 0 Å². The molecule has 3 rings (SSSR count). The monoisotopic (exact) mass is 397 g/mol. The number of rotatable bonds is 5. The molecule has 0 unspecified atom stereocenters. The van der Waals surface area contributed by atoms with Crippen molar-refractivity contribution in [1.82, 2.24) is 9.21 Å². The number of nitrogens with zero attached hydrogens (tertiary/aromatic N) is 3. The number of sulfonamides is 1. The average molecular weight is 398 g/mol. The standard InChI is InChI=1S/C21H23N3O3S/c1-17(18-7-3-2-4-8-18)15-21(25)23-11-13-24(14-12-23)28(26,27)20-10-6-5-9-19(20)16-22/h2-10,17H,11-15H2,1H3/t17-/m0/s1. The van der Waals surface area contributed by atoms with Crippen molar-refractivity contribution in [3.05, 3.63) is 65.7 Å². The maximum atomic E-state index is 12.9. The Labute approximate surface area is 166 Å². The molecule has 1 aliphatic rings. The minimum absolute atomic E-state index is 0.0231. The van der Waals surface area contributed by atoms with Crippen molar-refractivity contribution < 1.29 is 13.2 Å². The van der Waals surface area contributed by atoms with Gasteiger partial charge in [-0.2, -0.15) is 9.57 Å². The summed E-state index contributed by atoms with van der Waals surface area (Å²) in [5.41, 5.74) is 1.25. The van der Waals surface area contributed by atoms with Crippen LogP contribution in [0.25, 0.3) is 0 Å². The first-order chi connectivity index (χ1) is 13.4. The summed E-state index contributed by atoms with van der Waals surface area (Å²) in [7, 11) is -3.75. The summed E-state index contributed by atoms with van der Waals surface area (Å²) >= 11 is 0. The van der Waals surface area contributed by atoms with Crippen molar-refractivity contribution in [1.29, 1.82) is 5.26 Å². The molecule has 28 heavy (non-hydrogen) atoms. The van der Waals surface area contributed by atoms with Gasteiger partial charge in [-0.05, 0) is 23.6 Å². The fourth-order valence-electron chi connectivity index (χ4n) is 3.39. The van der Waals surface area contributed by atoms with Crippen LogP contribution >= 0.6 is 0 Å². The van der Waals surface area contributed by atoms with E-state index in [1.54, 1.807) is 17.0 Å². The first kappa shape index (κ1) is 20.1. The largest absolute Gasteiger partial charge is 0.340 e. The van der Waals surface area contributed by atoms with Crippen molar-refractivity contribution in [3.8, 4) is 6.07 Å². The normalized spacial score (nSPS) is 16.4. The second-order valence-corrected chi connectivity index (χ2v) is 8.82. The van der Waals surface area contributed by atoms with Crippen molar-refractivity contribution in [2.45, 2.75) is 24.2 Å². The minimum atomic E-state index is -3.75. The molecule has 1 aliphatic heterocycles. The zero-order chi connectivity index (χ0) is 20.1. The van der Waals surface area contributed by atoms with E-state index in [4.69, 9.17) is 0 Å². The summed E-state index contributed by atoms with van der Waals surface area (Å²) in [6.45, 7) is 3.19. The molecule has 0 spiro atoms. The van der Waals surface area contributed by atoms with Gasteiger partial charge < -0.3 is 4.90 Å². The molecular formula is C21H23N3O3S. The van der Waals surface area contributed by atoms with Gasteiger partial charge in [-0.1, -0.05) is 49.4 Å². The molecule has 0 bridgehead atoms. The first-order valence-electron chi connectivity index (χ1n) is 9.25. The molecule has 0 aromatic heterocycles. The van der Waals surface area contributed by atoms with E-state index < -0.39 is 10.0 Å². The third-order valence-corrected chi connectivity index (χ3v) is 7.02. The molecule has 146 valence electrons. The van der Waals surface area contributed by atoms with Crippen LogP contribution in [0.1, 0.15) is 30.4 Å². The van der Waals surface area contributed by atoms with E-state index in [2.05, 4.69) is 0 Å². The number of nitriles is 1. The van der Waals surface area contributed by atoms with Crippen molar-refractivity contribution in [2.24, 2.45) is 0 Å². The third-order valence-electron chi connectivity index (χ3n) is 5.07. The van der Waals surface area contributed by atoms with E-state index in [1.165, 1.54) is 16.4 Å². The van der Waals surface area contributed by atoms with E-state index in [0.717, 1.165) is 5.56 Å². The number of benzene rings is 2. The number of piperazine rings is 1. The second-order valence-electron chi connectivity index (χ2n) is 6.91. The Balaban J connectivity index is 1.62. The Bertz CT molecular complexity index is 975. The Morgan fingerprint density at radius 3 is 2.29 bits per heavy atom. The molecule has 7 heteroatoms. The van der Waals surface area contributed by atoms with Gasteiger partial charge in [-0.25, -0.2) is 8.42 Å². The van der Waals surface area contributed by atoms with E-state index in [1.807, 2.05) is 43.3 Å². The maximum absolute atomic E-state index is 12.9. The molecule has 1 amide bonds. The Hall–Kier alpha value is -2.69. The molecule has 2 aromatic rings. The predicted molar refractivity (Wildman–Crippen MR) is 106 cm³/mol. The van der Waals surface area contributed by atoms with Crippen LogP contribution in [0.4, 0.5) is 0 Å². The first-order valence-corrected chi connectivity index (χ1v) is 10.7. The van der Waals surface area contributed by atoms with Gasteiger partial charge in [0.25, 0.3) is 0 Å². The molecule has 1 saturated heterocycles. The lowest BCUT2D eigenvalue weighted by molar-refractivity contribution is -0.132. The zero-order valence-electron chi connectivity index (χ0n) is 15.8. The SMILES string of the molecule is C[C@@H](CC(=O)N1CCN(S(=O)(=O)c2ccccc2C#N)CC1)c1ccccc1. The molecule has 1 fully saturated rings. The molecule has 1 heterocycles. The Morgan fingerprint density at radius 2 is 1.64 bits per heavy atom. The fourth-order valence-corrected chi connectivity index (χ4v) is 4.96. The van der Waals surface area contributed by atoms with Crippen LogP contribution in [-0.2, 0) is 14.8 Å². The maximum Gasteiger partial charge on any atom is 0.244 e. The van der Waals surface area contributed by atoms with E-state index in [0.29, 0.717) is 19.5 Å². The topological polar surface area (TPSA) is 81.5 Å². The van der Waals surface area contributed by atoms with Crippen LogP contribution < -0.4 is 0 Å². The van der Waals surface area contributed by atoms with Crippen LogP contribution in [-0.4, -0.2) is 49.7 Å². The van der Waals surface area contributed by atoms with E-state index in [-0.39, 0.29) is 35.4 Å². The van der Waals surface area contributed by atoms with Crippen LogP contribution in [0.2, 0.25) is 0 Å². The molecule has 0 N–H and O–H groups in total. The molecule has 0 saturated carbocycles. The number of hydrogen-bond donors (Lipinski definition) is 0. The van der Waals surface area contributed by atoms with Crippen LogP contribution in [0.3, 0.4) is 0 Å². The smallest absolute Gasteiger partial charge is 0.244 e. The predicted octanol–water partition coefficient (Wildman–Crippen LogP) is 2.58. The quantitative estimate of drug-likeness (QED) is 0.777. The highest BCUT2D eigenvalue weighted by atomic mass is 32.2. The number of carbonyl (C=O) groups excluding carboxylic acids is 1. The lowest BCUT2D eigenvalue weighted by atomic mass is 9.97. The molecule has 1 atom stereocenters. The van der Waals surface area contributed by atoms with Gasteiger partial charge >= 0.3 is 0 Å². The Morgan fingerprint density at radius 1 is 1.04 bits per heavy atom. The summed E-state index contributed by atoms with van der Waals surface area (Å²) in [4.78, 5) is 14.4. The summed E-state index contributed by atoms with van der Waals surface area (Å²) in [5.74, 6) is 0.142. The summed E-state index contributed by atoms with van der Waals surface area (Å²) in [6, 6.07) is 18.0. The highest BCUT2D eigenvalue weighted by molar-refractivity contribution is 7.89.